The van der Waals surface area contributed by atoms with E-state index in [9.17, 15) is 19.8 Å². The highest BCUT2D eigenvalue weighted by Gasteiger charge is 2.18. The highest BCUT2D eigenvalue weighted by molar-refractivity contribution is 5.76. The van der Waals surface area contributed by atoms with Crippen molar-refractivity contribution in [3.63, 3.8) is 0 Å². The predicted molar refractivity (Wildman–Crippen MR) is 361 cm³/mol. The van der Waals surface area contributed by atoms with Gasteiger partial charge in [-0.15, -0.1) is 0 Å². The second-order valence-corrected chi connectivity index (χ2v) is 25.6. The van der Waals surface area contributed by atoms with Crippen LogP contribution in [0.15, 0.2) is 36.5 Å². The molecule has 0 aliphatic heterocycles. The maximum Gasteiger partial charge on any atom is 0.305 e. The Morgan fingerprint density at radius 1 is 0.329 bits per heavy atom. The molecule has 3 N–H and O–H groups in total. The number of ether oxygens (including phenoxy) is 1. The molecule has 1 amide bonds. The Bertz CT molecular complexity index is 1330. The third kappa shape index (κ3) is 67.2. The van der Waals surface area contributed by atoms with Crippen LogP contribution in [0, 0.1) is 0 Å². The first-order valence-electron chi connectivity index (χ1n) is 37.3. The van der Waals surface area contributed by atoms with Gasteiger partial charge in [-0.1, -0.05) is 352 Å². The van der Waals surface area contributed by atoms with Gasteiger partial charge in [-0.2, -0.15) is 0 Å². The zero-order valence-electron chi connectivity index (χ0n) is 55.5. The topological polar surface area (TPSA) is 95.9 Å². The lowest BCUT2D eigenvalue weighted by molar-refractivity contribution is -0.143. The van der Waals surface area contributed by atoms with Crippen molar-refractivity contribution in [2.45, 2.75) is 424 Å². The Morgan fingerprint density at radius 2 is 0.573 bits per heavy atom. The highest BCUT2D eigenvalue weighted by atomic mass is 16.5. The minimum atomic E-state index is -0.844. The zero-order valence-corrected chi connectivity index (χ0v) is 55.5. The molecule has 0 saturated carbocycles. The van der Waals surface area contributed by atoms with Crippen LogP contribution >= 0.6 is 0 Å². The molecule has 0 aromatic heterocycles. The van der Waals surface area contributed by atoms with E-state index in [2.05, 4.69) is 43.5 Å². The lowest BCUT2D eigenvalue weighted by Gasteiger charge is -2.20. The summed E-state index contributed by atoms with van der Waals surface area (Å²) in [4.78, 5) is 24.6. The van der Waals surface area contributed by atoms with Crippen molar-refractivity contribution in [2.24, 2.45) is 0 Å². The molecule has 0 spiro atoms. The van der Waals surface area contributed by atoms with Crippen molar-refractivity contribution in [3.05, 3.63) is 36.5 Å². The van der Waals surface area contributed by atoms with Gasteiger partial charge >= 0.3 is 5.97 Å². The first-order chi connectivity index (χ1) is 40.5. The fourth-order valence-electron chi connectivity index (χ4n) is 11.7. The molecule has 6 nitrogen and oxygen atoms in total. The van der Waals surface area contributed by atoms with Gasteiger partial charge in [-0.25, -0.2) is 0 Å². The van der Waals surface area contributed by atoms with E-state index in [0.717, 1.165) is 44.9 Å². The van der Waals surface area contributed by atoms with Crippen LogP contribution in [0.25, 0.3) is 0 Å². The molecule has 0 radical (unpaired) electrons. The number of aliphatic hydroxyl groups excluding tert-OH is 2. The summed E-state index contributed by atoms with van der Waals surface area (Å²) < 4.78 is 5.51. The second kappa shape index (κ2) is 71.6. The van der Waals surface area contributed by atoms with Crippen molar-refractivity contribution < 1.29 is 24.5 Å². The van der Waals surface area contributed by atoms with E-state index in [4.69, 9.17) is 4.74 Å². The van der Waals surface area contributed by atoms with Gasteiger partial charge in [0.1, 0.15) is 0 Å². The monoisotopic (exact) mass is 1150 g/mol. The number of esters is 1. The number of nitrogens with one attached hydrogen (secondary N) is 1. The molecule has 6 heteroatoms. The summed E-state index contributed by atoms with van der Waals surface area (Å²) in [5.41, 5.74) is 0. The largest absolute Gasteiger partial charge is 0.466 e. The SMILES string of the molecule is CCCCCCCCC/C=C\CCCCCCCCCC(=O)OCCCCCCCCCCCCCC/C=C\CCCCCCCCCCCCCCCCC(=O)NC(CO)C(O)/C=C/CCCCCCCCCCCCCCCCC. The van der Waals surface area contributed by atoms with Gasteiger partial charge in [-0.3, -0.25) is 9.59 Å². The molecule has 0 saturated heterocycles. The third-order valence-corrected chi connectivity index (χ3v) is 17.4. The zero-order chi connectivity index (χ0) is 59.2. The number of unbranched alkanes of at least 4 members (excludes halogenated alkanes) is 55. The molecular weight excluding hydrogens is 1010 g/mol. The summed E-state index contributed by atoms with van der Waals surface area (Å²) in [7, 11) is 0. The lowest BCUT2D eigenvalue weighted by atomic mass is 10.0. The molecule has 0 aromatic rings. The summed E-state index contributed by atoms with van der Waals surface area (Å²) in [5.74, 6) is -0.0490. The summed E-state index contributed by atoms with van der Waals surface area (Å²) in [5, 5.41) is 23.2. The van der Waals surface area contributed by atoms with Crippen LogP contribution in [0.1, 0.15) is 412 Å². The summed E-state index contributed by atoms with van der Waals surface area (Å²) in [6.07, 6.45) is 92.4. The molecule has 2 atom stereocenters. The minimum Gasteiger partial charge on any atom is -0.466 e. The van der Waals surface area contributed by atoms with Crippen molar-refractivity contribution in [1.29, 1.82) is 0 Å². The van der Waals surface area contributed by atoms with E-state index in [-0.39, 0.29) is 18.5 Å². The smallest absolute Gasteiger partial charge is 0.305 e. The molecule has 0 heterocycles. The molecule has 0 aliphatic rings. The fourth-order valence-corrected chi connectivity index (χ4v) is 11.7. The number of hydrogen-bond donors (Lipinski definition) is 3. The van der Waals surface area contributed by atoms with Gasteiger partial charge in [0.05, 0.1) is 25.4 Å². The third-order valence-electron chi connectivity index (χ3n) is 17.4. The first-order valence-corrected chi connectivity index (χ1v) is 37.3. The minimum absolute atomic E-state index is 0.0145. The van der Waals surface area contributed by atoms with Crippen LogP contribution < -0.4 is 5.32 Å². The second-order valence-electron chi connectivity index (χ2n) is 25.6. The van der Waals surface area contributed by atoms with Crippen LogP contribution in [-0.4, -0.2) is 47.4 Å². The molecule has 0 bridgehead atoms. The van der Waals surface area contributed by atoms with Crippen LogP contribution in [0.5, 0.6) is 0 Å². The first kappa shape index (κ1) is 80.1. The molecule has 0 aliphatic carbocycles. The maximum absolute atomic E-state index is 12.5. The van der Waals surface area contributed by atoms with Gasteiger partial charge < -0.3 is 20.3 Å². The number of aliphatic hydroxyl groups is 2. The van der Waals surface area contributed by atoms with E-state index < -0.39 is 12.1 Å². The molecular formula is C76H145NO5. The van der Waals surface area contributed by atoms with Crippen molar-refractivity contribution in [1.82, 2.24) is 5.32 Å². The molecule has 82 heavy (non-hydrogen) atoms. The average Bonchev–Trinajstić information content (AvgIpc) is 3.48. The number of amides is 1. The highest BCUT2D eigenvalue weighted by Crippen LogP contribution is 2.19. The Morgan fingerprint density at radius 3 is 0.866 bits per heavy atom. The summed E-state index contributed by atoms with van der Waals surface area (Å²) >= 11 is 0. The Kier molecular flexibility index (Phi) is 69.9. The summed E-state index contributed by atoms with van der Waals surface area (Å²) in [6, 6.07) is -0.627. The van der Waals surface area contributed by atoms with Crippen molar-refractivity contribution >= 4 is 11.9 Å². The Balaban J connectivity index is 3.37. The Hall–Kier alpha value is -1.92. The number of allylic oxidation sites excluding steroid dienone is 5. The maximum atomic E-state index is 12.5. The molecule has 0 rings (SSSR count). The van der Waals surface area contributed by atoms with Crippen LogP contribution in [0.4, 0.5) is 0 Å². The number of rotatable bonds is 70. The van der Waals surface area contributed by atoms with Crippen molar-refractivity contribution in [3.8, 4) is 0 Å². The average molecular weight is 1150 g/mol. The van der Waals surface area contributed by atoms with Crippen LogP contribution in [0.3, 0.4) is 0 Å². The number of carbonyl (C=O) groups is 2. The normalized spacial score (nSPS) is 12.7. The standard InChI is InChI=1S/C76H145NO5/c1-3-5-7-9-11-13-15-17-19-21-38-42-46-50-54-58-62-66-70-76(81)82-71-67-63-59-55-51-47-43-39-35-33-31-29-27-25-23-22-24-26-28-30-32-34-37-41-45-49-53-57-61-65-69-75(80)77-73(72-78)74(79)68-64-60-56-52-48-44-40-36-20-18-16-14-12-10-8-6-4-2/h19,21,23,25,64,68,73-74,78-79H,3-18,20,22,24,26-63,65-67,69-72H2,1-2H3,(H,77,80)/b21-19-,25-23-,68-64+. The van der Waals surface area contributed by atoms with Crippen molar-refractivity contribution in [2.75, 3.05) is 13.2 Å². The fraction of sp³-hybridized carbons (Fsp3) is 0.895. The van der Waals surface area contributed by atoms with E-state index in [0.29, 0.717) is 19.4 Å². The van der Waals surface area contributed by atoms with E-state index >= 15 is 0 Å². The molecule has 2 unspecified atom stereocenters. The van der Waals surface area contributed by atoms with Gasteiger partial charge in [0.2, 0.25) is 5.91 Å². The van der Waals surface area contributed by atoms with E-state index in [1.54, 1.807) is 6.08 Å². The van der Waals surface area contributed by atoms with E-state index in [1.807, 2.05) is 6.08 Å². The molecule has 0 aromatic carbocycles. The quantitative estimate of drug-likeness (QED) is 0.0320. The molecule has 484 valence electrons. The van der Waals surface area contributed by atoms with Crippen LogP contribution in [0.2, 0.25) is 0 Å². The lowest BCUT2D eigenvalue weighted by Crippen LogP contribution is -2.45. The van der Waals surface area contributed by atoms with Gasteiger partial charge in [-0.05, 0) is 83.5 Å². The van der Waals surface area contributed by atoms with Crippen LogP contribution in [-0.2, 0) is 14.3 Å². The van der Waals surface area contributed by atoms with Gasteiger partial charge in [0.15, 0.2) is 0 Å². The van der Waals surface area contributed by atoms with Gasteiger partial charge in [0.25, 0.3) is 0 Å². The molecule has 0 fully saturated rings. The predicted octanol–water partition coefficient (Wildman–Crippen LogP) is 24.3. The van der Waals surface area contributed by atoms with E-state index in [1.165, 1.54) is 340 Å². The van der Waals surface area contributed by atoms with Gasteiger partial charge in [0, 0.05) is 12.8 Å². The number of carbonyl (C=O) groups excluding carboxylic acids is 2. The number of hydrogen-bond acceptors (Lipinski definition) is 5. The summed E-state index contributed by atoms with van der Waals surface area (Å²) in [6.45, 7) is 4.94. The Labute approximate surface area is 513 Å².